The molecule has 2 saturated heterocycles. The van der Waals surface area contributed by atoms with Crippen molar-refractivity contribution >= 4 is 0 Å². The van der Waals surface area contributed by atoms with Gasteiger partial charge < -0.3 is 4.74 Å². The molecule has 0 saturated carbocycles. The van der Waals surface area contributed by atoms with Crippen LogP contribution in [-0.4, -0.2) is 22.5 Å². The number of pyridine rings is 1. The van der Waals surface area contributed by atoms with Crippen molar-refractivity contribution < 1.29 is 4.74 Å². The average molecular weight is 294 g/mol. The van der Waals surface area contributed by atoms with Gasteiger partial charge in [-0.3, -0.25) is 4.90 Å². The molecule has 0 bridgehead atoms. The topological polar surface area (TPSA) is 25.4 Å². The maximum Gasteiger partial charge on any atom is 0.219 e. The number of hydrogen-bond donors (Lipinski definition) is 0. The zero-order valence-electron chi connectivity index (χ0n) is 12.8. The predicted octanol–water partition coefficient (Wildman–Crippen LogP) is 4.56. The highest BCUT2D eigenvalue weighted by Crippen LogP contribution is 2.40. The van der Waals surface area contributed by atoms with E-state index in [1.54, 1.807) is 6.20 Å². The summed E-state index contributed by atoms with van der Waals surface area (Å²) in [5.74, 6) is 1.50. The van der Waals surface area contributed by atoms with Crippen LogP contribution in [-0.2, 0) is 0 Å². The fourth-order valence-corrected chi connectivity index (χ4v) is 3.90. The second kappa shape index (κ2) is 6.09. The maximum absolute atomic E-state index is 5.78. The van der Waals surface area contributed by atoms with Crippen LogP contribution in [0.2, 0.25) is 0 Å². The third-order valence-electron chi connectivity index (χ3n) is 4.97. The maximum atomic E-state index is 5.78. The number of aromatic nitrogens is 1. The van der Waals surface area contributed by atoms with E-state index in [9.17, 15) is 0 Å². The largest absolute Gasteiger partial charge is 0.439 e. The number of rotatable bonds is 3. The van der Waals surface area contributed by atoms with Crippen LogP contribution in [0, 0.1) is 0 Å². The molecule has 0 amide bonds. The summed E-state index contributed by atoms with van der Waals surface area (Å²) in [5, 5.41) is 0. The van der Waals surface area contributed by atoms with Crippen LogP contribution in [0.1, 0.15) is 43.7 Å². The smallest absolute Gasteiger partial charge is 0.219 e. The van der Waals surface area contributed by atoms with Crippen molar-refractivity contribution in [1.82, 2.24) is 9.88 Å². The van der Waals surface area contributed by atoms with E-state index < -0.39 is 0 Å². The summed E-state index contributed by atoms with van der Waals surface area (Å²) >= 11 is 0. The molecule has 3 nitrogen and oxygen atoms in total. The molecule has 2 aromatic rings. The van der Waals surface area contributed by atoms with Crippen LogP contribution in [0.4, 0.5) is 0 Å². The first-order valence-corrected chi connectivity index (χ1v) is 8.35. The van der Waals surface area contributed by atoms with E-state index in [1.807, 2.05) is 18.2 Å². The van der Waals surface area contributed by atoms with Gasteiger partial charge in [0.2, 0.25) is 5.88 Å². The first-order valence-electron chi connectivity index (χ1n) is 8.35. The molecular weight excluding hydrogens is 272 g/mol. The van der Waals surface area contributed by atoms with Gasteiger partial charge in [-0.05, 0) is 56.0 Å². The fourth-order valence-electron chi connectivity index (χ4n) is 3.90. The van der Waals surface area contributed by atoms with E-state index in [2.05, 4.69) is 34.1 Å². The zero-order valence-corrected chi connectivity index (χ0v) is 12.8. The van der Waals surface area contributed by atoms with Gasteiger partial charge in [0, 0.05) is 24.3 Å². The van der Waals surface area contributed by atoms with Crippen LogP contribution in [0.15, 0.2) is 48.7 Å². The lowest BCUT2D eigenvalue weighted by atomic mass is 10.0. The van der Waals surface area contributed by atoms with Gasteiger partial charge in [0.25, 0.3) is 0 Å². The van der Waals surface area contributed by atoms with E-state index >= 15 is 0 Å². The van der Waals surface area contributed by atoms with Gasteiger partial charge in [-0.25, -0.2) is 4.98 Å². The fraction of sp³-hybridized carbons (Fsp3) is 0.421. The second-order valence-corrected chi connectivity index (χ2v) is 6.32. The molecule has 0 radical (unpaired) electrons. The standard InChI is InChI=1S/C19H22N2O/c1-3-13-20-19(6-1)22-17-10-7-15(8-11-17)18-12-9-16-5-2-4-14-21(16)18/h1,3,6-8,10-11,13,16,18H,2,4-5,9,12,14H2. The molecule has 2 aliphatic rings. The van der Waals surface area contributed by atoms with Crippen molar-refractivity contribution in [2.24, 2.45) is 0 Å². The molecule has 1 aromatic heterocycles. The summed E-state index contributed by atoms with van der Waals surface area (Å²) in [7, 11) is 0. The number of hydrogen-bond acceptors (Lipinski definition) is 3. The van der Waals surface area contributed by atoms with Crippen molar-refractivity contribution in [3.8, 4) is 11.6 Å². The molecule has 2 unspecified atom stereocenters. The molecule has 3 heterocycles. The first-order chi connectivity index (χ1) is 10.9. The van der Waals surface area contributed by atoms with Gasteiger partial charge in [0.05, 0.1) is 0 Å². The second-order valence-electron chi connectivity index (χ2n) is 6.32. The molecule has 4 rings (SSSR count). The summed E-state index contributed by atoms with van der Waals surface area (Å²) < 4.78 is 5.78. The number of nitrogens with zero attached hydrogens (tertiary/aromatic N) is 2. The Morgan fingerprint density at radius 3 is 2.68 bits per heavy atom. The van der Waals surface area contributed by atoms with Crippen molar-refractivity contribution in [2.45, 2.75) is 44.2 Å². The zero-order chi connectivity index (χ0) is 14.8. The highest BCUT2D eigenvalue weighted by Gasteiger charge is 2.35. The van der Waals surface area contributed by atoms with E-state index in [-0.39, 0.29) is 0 Å². The average Bonchev–Trinajstić information content (AvgIpc) is 3.01. The lowest BCUT2D eigenvalue weighted by molar-refractivity contribution is 0.150. The van der Waals surface area contributed by atoms with E-state index in [1.165, 1.54) is 44.2 Å². The van der Waals surface area contributed by atoms with Crippen molar-refractivity contribution in [1.29, 1.82) is 0 Å². The summed E-state index contributed by atoms with van der Waals surface area (Å²) in [6.45, 7) is 1.27. The van der Waals surface area contributed by atoms with Crippen LogP contribution in [0.5, 0.6) is 11.6 Å². The van der Waals surface area contributed by atoms with Crippen LogP contribution in [0.3, 0.4) is 0 Å². The van der Waals surface area contributed by atoms with Gasteiger partial charge in [-0.1, -0.05) is 24.6 Å². The molecular formula is C19H22N2O. The summed E-state index contributed by atoms with van der Waals surface area (Å²) in [5.41, 5.74) is 1.43. The Labute approximate surface area is 131 Å². The minimum absolute atomic E-state index is 0.606. The Morgan fingerprint density at radius 1 is 0.955 bits per heavy atom. The van der Waals surface area contributed by atoms with Gasteiger partial charge in [-0.2, -0.15) is 0 Å². The van der Waals surface area contributed by atoms with E-state index in [4.69, 9.17) is 4.74 Å². The quantitative estimate of drug-likeness (QED) is 0.829. The van der Waals surface area contributed by atoms with E-state index in [0.29, 0.717) is 11.9 Å². The molecule has 0 N–H and O–H groups in total. The van der Waals surface area contributed by atoms with Gasteiger partial charge in [-0.15, -0.1) is 0 Å². The summed E-state index contributed by atoms with van der Waals surface area (Å²) in [6, 6.07) is 15.7. The Hall–Kier alpha value is -1.87. The molecule has 2 atom stereocenters. The first kappa shape index (κ1) is 13.8. The molecule has 2 fully saturated rings. The third kappa shape index (κ3) is 2.73. The number of piperidine rings is 1. The highest BCUT2D eigenvalue weighted by molar-refractivity contribution is 5.32. The van der Waals surface area contributed by atoms with Crippen molar-refractivity contribution in [2.75, 3.05) is 6.54 Å². The molecule has 2 aliphatic heterocycles. The third-order valence-corrected chi connectivity index (χ3v) is 4.97. The molecule has 0 aliphatic carbocycles. The Balaban J connectivity index is 1.48. The number of benzene rings is 1. The van der Waals surface area contributed by atoms with Gasteiger partial charge in [0.15, 0.2) is 0 Å². The Bertz CT molecular complexity index is 611. The highest BCUT2D eigenvalue weighted by atomic mass is 16.5. The van der Waals surface area contributed by atoms with Crippen molar-refractivity contribution in [3.05, 3.63) is 54.2 Å². The normalized spacial score (nSPS) is 24.9. The molecule has 1 aromatic carbocycles. The minimum Gasteiger partial charge on any atom is -0.439 e. The molecule has 22 heavy (non-hydrogen) atoms. The number of ether oxygens (including phenoxy) is 1. The van der Waals surface area contributed by atoms with Gasteiger partial charge >= 0.3 is 0 Å². The van der Waals surface area contributed by atoms with Crippen molar-refractivity contribution in [3.63, 3.8) is 0 Å². The molecule has 3 heteroatoms. The molecule has 0 spiro atoms. The summed E-state index contributed by atoms with van der Waals surface area (Å²) in [4.78, 5) is 6.92. The summed E-state index contributed by atoms with van der Waals surface area (Å²) in [6.07, 6.45) is 8.55. The Morgan fingerprint density at radius 2 is 1.86 bits per heavy atom. The lowest BCUT2D eigenvalue weighted by Crippen LogP contribution is -2.35. The van der Waals surface area contributed by atoms with E-state index in [0.717, 1.165) is 11.8 Å². The van der Waals surface area contributed by atoms with Crippen LogP contribution in [0.25, 0.3) is 0 Å². The van der Waals surface area contributed by atoms with Crippen LogP contribution >= 0.6 is 0 Å². The predicted molar refractivity (Wildman–Crippen MR) is 87.1 cm³/mol. The Kier molecular flexibility index (Phi) is 3.81. The van der Waals surface area contributed by atoms with Gasteiger partial charge in [0.1, 0.15) is 5.75 Å². The van der Waals surface area contributed by atoms with Crippen LogP contribution < -0.4 is 4.74 Å². The minimum atomic E-state index is 0.606. The number of fused-ring (bicyclic) bond motifs is 1. The SMILES string of the molecule is c1ccc(Oc2ccc(C3CCC4CCCCN43)cc2)nc1. The molecule has 114 valence electrons. The monoisotopic (exact) mass is 294 g/mol. The lowest BCUT2D eigenvalue weighted by Gasteiger charge is -2.34.